The van der Waals surface area contributed by atoms with Gasteiger partial charge in [-0.25, -0.2) is 0 Å². The van der Waals surface area contributed by atoms with Crippen LogP contribution in [0.4, 0.5) is 5.69 Å². The Morgan fingerprint density at radius 2 is 2.05 bits per heavy atom. The van der Waals surface area contributed by atoms with E-state index in [1.807, 2.05) is 11.8 Å². The van der Waals surface area contributed by atoms with Crippen molar-refractivity contribution < 1.29 is 0 Å². The predicted molar refractivity (Wildman–Crippen MR) is 92.8 cm³/mol. The van der Waals surface area contributed by atoms with Crippen LogP contribution < -0.4 is 5.32 Å². The van der Waals surface area contributed by atoms with Gasteiger partial charge in [-0.05, 0) is 42.9 Å². The third kappa shape index (κ3) is 3.06. The van der Waals surface area contributed by atoms with Crippen LogP contribution in [0, 0.1) is 12.3 Å². The predicted octanol–water partition coefficient (Wildman–Crippen LogP) is 5.22. The molecule has 20 heavy (non-hydrogen) atoms. The van der Waals surface area contributed by atoms with Crippen LogP contribution in [-0.2, 0) is 0 Å². The minimum Gasteiger partial charge on any atom is -0.335 e. The maximum absolute atomic E-state index is 4.83. The van der Waals surface area contributed by atoms with Gasteiger partial charge in [0.1, 0.15) is 0 Å². The molecule has 3 rings (SSSR count). The van der Waals surface area contributed by atoms with Gasteiger partial charge in [-0.3, -0.25) is 4.99 Å². The minimum atomic E-state index is 0.500. The van der Waals surface area contributed by atoms with Gasteiger partial charge in [0.15, 0.2) is 5.17 Å². The molecule has 0 radical (unpaired) electrons. The molecule has 0 bridgehead atoms. The molecule has 0 amide bonds. The number of benzene rings is 1. The Hall–Kier alpha value is -0.480. The second kappa shape index (κ2) is 6.10. The van der Waals surface area contributed by atoms with E-state index in [-0.39, 0.29) is 0 Å². The van der Waals surface area contributed by atoms with Gasteiger partial charge in [0.25, 0.3) is 0 Å². The highest BCUT2D eigenvalue weighted by Gasteiger charge is 2.34. The molecule has 108 valence electrons. The summed E-state index contributed by atoms with van der Waals surface area (Å²) in [5.41, 5.74) is 2.90. The summed E-state index contributed by atoms with van der Waals surface area (Å²) in [5.74, 6) is 1.23. The number of anilines is 1. The van der Waals surface area contributed by atoms with E-state index in [1.165, 1.54) is 43.4 Å². The van der Waals surface area contributed by atoms with Gasteiger partial charge in [-0.15, -0.1) is 0 Å². The summed E-state index contributed by atoms with van der Waals surface area (Å²) in [6.45, 7) is 3.14. The first-order valence-corrected chi connectivity index (χ1v) is 9.16. The molecule has 1 aromatic carbocycles. The van der Waals surface area contributed by atoms with Crippen molar-refractivity contribution in [3.63, 3.8) is 0 Å². The van der Waals surface area contributed by atoms with Crippen LogP contribution >= 0.6 is 27.7 Å². The lowest BCUT2D eigenvalue weighted by Crippen LogP contribution is -2.35. The molecular weight excluding hydrogens is 332 g/mol. The molecular formula is C16H21BrN2S. The SMILES string of the molecule is Cc1c(Br)cccc1NC1=NCC2(CCCCC2)CS1. The maximum atomic E-state index is 4.83. The van der Waals surface area contributed by atoms with Crippen molar-refractivity contribution in [2.24, 2.45) is 10.4 Å². The highest BCUT2D eigenvalue weighted by atomic mass is 79.9. The molecule has 1 fully saturated rings. The van der Waals surface area contributed by atoms with E-state index in [1.54, 1.807) is 0 Å². The zero-order valence-electron chi connectivity index (χ0n) is 11.9. The molecule has 4 heteroatoms. The van der Waals surface area contributed by atoms with Gasteiger partial charge >= 0.3 is 0 Å². The van der Waals surface area contributed by atoms with Crippen LogP contribution in [0.1, 0.15) is 37.7 Å². The maximum Gasteiger partial charge on any atom is 0.161 e. The van der Waals surface area contributed by atoms with Crippen LogP contribution in [0.15, 0.2) is 27.7 Å². The molecule has 1 aromatic rings. The van der Waals surface area contributed by atoms with Crippen molar-refractivity contribution in [2.75, 3.05) is 17.6 Å². The monoisotopic (exact) mass is 352 g/mol. The number of thioether (sulfide) groups is 1. The second-order valence-corrected chi connectivity index (χ2v) is 7.83. The molecule has 0 aromatic heterocycles. The third-order valence-corrected chi connectivity index (χ3v) is 6.62. The topological polar surface area (TPSA) is 24.4 Å². The fraction of sp³-hybridized carbons (Fsp3) is 0.562. The van der Waals surface area contributed by atoms with E-state index in [0.717, 1.165) is 21.9 Å². The van der Waals surface area contributed by atoms with Gasteiger partial charge in [0.05, 0.1) is 0 Å². The fourth-order valence-corrected chi connectivity index (χ4v) is 4.62. The average molecular weight is 353 g/mol. The molecule has 1 spiro atoms. The van der Waals surface area contributed by atoms with Crippen molar-refractivity contribution in [1.82, 2.24) is 0 Å². The van der Waals surface area contributed by atoms with E-state index < -0.39 is 0 Å². The standard InChI is InChI=1S/C16H21BrN2S/c1-12-13(17)6-5-7-14(12)19-15-18-10-16(11-20-15)8-3-2-4-9-16/h5-7H,2-4,8-11H2,1H3,(H,18,19). The highest BCUT2D eigenvalue weighted by Crippen LogP contribution is 2.42. The van der Waals surface area contributed by atoms with Crippen molar-refractivity contribution in [3.8, 4) is 0 Å². The summed E-state index contributed by atoms with van der Waals surface area (Å²) in [7, 11) is 0. The van der Waals surface area contributed by atoms with Crippen LogP contribution in [0.3, 0.4) is 0 Å². The van der Waals surface area contributed by atoms with Crippen LogP contribution in [0.5, 0.6) is 0 Å². The van der Waals surface area contributed by atoms with Crippen LogP contribution in [-0.4, -0.2) is 17.5 Å². The van der Waals surface area contributed by atoms with Gasteiger partial charge < -0.3 is 5.32 Å². The molecule has 1 N–H and O–H groups in total. The summed E-state index contributed by atoms with van der Waals surface area (Å²) in [4.78, 5) is 4.83. The first-order chi connectivity index (χ1) is 9.69. The van der Waals surface area contributed by atoms with E-state index in [2.05, 4.69) is 46.4 Å². The Balaban J connectivity index is 1.69. The first-order valence-electron chi connectivity index (χ1n) is 7.38. The van der Waals surface area contributed by atoms with E-state index in [4.69, 9.17) is 4.99 Å². The average Bonchev–Trinajstić information content (AvgIpc) is 2.47. The fourth-order valence-electron chi connectivity index (χ4n) is 3.09. The second-order valence-electron chi connectivity index (χ2n) is 6.01. The van der Waals surface area contributed by atoms with Gasteiger partial charge in [0, 0.05) is 22.5 Å². The number of nitrogens with one attached hydrogen (secondary N) is 1. The molecule has 0 unspecified atom stereocenters. The van der Waals surface area contributed by atoms with E-state index >= 15 is 0 Å². The van der Waals surface area contributed by atoms with Crippen molar-refractivity contribution in [2.45, 2.75) is 39.0 Å². The number of hydrogen-bond acceptors (Lipinski definition) is 3. The van der Waals surface area contributed by atoms with Crippen LogP contribution in [0.25, 0.3) is 0 Å². The molecule has 2 nitrogen and oxygen atoms in total. The highest BCUT2D eigenvalue weighted by molar-refractivity contribution is 9.10. The quantitative estimate of drug-likeness (QED) is 0.748. The van der Waals surface area contributed by atoms with Crippen molar-refractivity contribution >= 4 is 38.5 Å². The lowest BCUT2D eigenvalue weighted by molar-refractivity contribution is 0.232. The molecule has 0 atom stereocenters. The summed E-state index contributed by atoms with van der Waals surface area (Å²) >= 11 is 5.48. The Morgan fingerprint density at radius 3 is 2.75 bits per heavy atom. The van der Waals surface area contributed by atoms with E-state index in [9.17, 15) is 0 Å². The zero-order valence-corrected chi connectivity index (χ0v) is 14.3. The number of rotatable bonds is 1. The summed E-state index contributed by atoms with van der Waals surface area (Å²) in [5, 5.41) is 4.58. The van der Waals surface area contributed by atoms with Crippen LogP contribution in [0.2, 0.25) is 0 Å². The minimum absolute atomic E-state index is 0.500. The number of halogens is 1. The Bertz CT molecular complexity index is 521. The number of amidine groups is 1. The van der Waals surface area contributed by atoms with Gasteiger partial charge in [-0.1, -0.05) is 53.0 Å². The number of aliphatic imine (C=N–C) groups is 1. The Labute approximate surface area is 134 Å². The lowest BCUT2D eigenvalue weighted by atomic mass is 9.75. The summed E-state index contributed by atoms with van der Waals surface area (Å²) in [6.07, 6.45) is 6.94. The largest absolute Gasteiger partial charge is 0.335 e. The van der Waals surface area contributed by atoms with Crippen molar-refractivity contribution in [3.05, 3.63) is 28.2 Å². The third-order valence-electron chi connectivity index (χ3n) is 4.50. The van der Waals surface area contributed by atoms with Gasteiger partial charge in [-0.2, -0.15) is 0 Å². The molecule has 1 saturated carbocycles. The lowest BCUT2D eigenvalue weighted by Gasteiger charge is -2.38. The molecule has 1 aliphatic heterocycles. The normalized spacial score (nSPS) is 21.6. The number of hydrogen-bond donors (Lipinski definition) is 1. The van der Waals surface area contributed by atoms with Crippen molar-refractivity contribution in [1.29, 1.82) is 0 Å². The Morgan fingerprint density at radius 1 is 1.25 bits per heavy atom. The Kier molecular flexibility index (Phi) is 4.41. The van der Waals surface area contributed by atoms with E-state index in [0.29, 0.717) is 5.41 Å². The number of nitrogens with zero attached hydrogens (tertiary/aromatic N) is 1. The summed E-state index contributed by atoms with van der Waals surface area (Å²) < 4.78 is 1.15. The summed E-state index contributed by atoms with van der Waals surface area (Å²) in [6, 6.07) is 6.26. The molecule has 1 heterocycles. The molecule has 1 aliphatic carbocycles. The first kappa shape index (κ1) is 14.5. The van der Waals surface area contributed by atoms with Gasteiger partial charge in [0.2, 0.25) is 0 Å². The molecule has 0 saturated heterocycles. The smallest absolute Gasteiger partial charge is 0.161 e. The zero-order chi connectivity index (χ0) is 14.0. The molecule has 2 aliphatic rings.